The first kappa shape index (κ1) is 6.74. The molecule has 0 saturated carbocycles. The fraction of sp³-hybridized carbons (Fsp3) is 0.143. The van der Waals surface area contributed by atoms with Gasteiger partial charge in [-0.05, 0) is 19.1 Å². The molecule has 0 saturated heterocycles. The summed E-state index contributed by atoms with van der Waals surface area (Å²) in [5, 5.41) is 3.72. The van der Waals surface area contributed by atoms with Gasteiger partial charge in [0.2, 0.25) is 0 Å². The Labute approximate surface area is 59.1 Å². The van der Waals surface area contributed by atoms with E-state index in [4.69, 9.17) is 0 Å². The lowest BCUT2D eigenvalue weighted by Crippen LogP contribution is -1.98. The molecule has 3 heteroatoms. The van der Waals surface area contributed by atoms with E-state index in [1.807, 2.05) is 0 Å². The second-order valence-electron chi connectivity index (χ2n) is 1.92. The maximum Gasteiger partial charge on any atom is 0.161 e. The van der Waals surface area contributed by atoms with Gasteiger partial charge in [-0.2, -0.15) is 5.10 Å². The van der Waals surface area contributed by atoms with Crippen LogP contribution in [-0.2, 0) is 4.79 Å². The van der Waals surface area contributed by atoms with E-state index in [0.29, 0.717) is 5.57 Å². The number of Topliss-reactive ketones (excluding diaryl/α,β-unsaturated/α-hetero) is 1. The number of hydrogen-bond acceptors (Lipinski definition) is 3. The van der Waals surface area contributed by atoms with Crippen LogP contribution >= 0.6 is 0 Å². The van der Waals surface area contributed by atoms with Gasteiger partial charge in [-0.3, -0.25) is 10.2 Å². The highest BCUT2D eigenvalue weighted by Crippen LogP contribution is 1.94. The molecule has 0 bridgehead atoms. The van der Waals surface area contributed by atoms with Crippen LogP contribution in [0.25, 0.3) is 0 Å². The molecule has 1 rings (SSSR count). The summed E-state index contributed by atoms with van der Waals surface area (Å²) in [5.41, 5.74) is 3.23. The minimum atomic E-state index is 0.0251. The SMILES string of the molecule is CC(=O)C1=CC=CNN=C1. The van der Waals surface area contributed by atoms with Gasteiger partial charge in [-0.25, -0.2) is 0 Å². The zero-order valence-electron chi connectivity index (χ0n) is 5.66. The minimum Gasteiger partial charge on any atom is -0.294 e. The summed E-state index contributed by atoms with van der Waals surface area (Å²) in [6.07, 6.45) is 6.62. The Morgan fingerprint density at radius 2 is 2.50 bits per heavy atom. The lowest BCUT2D eigenvalue weighted by atomic mass is 10.2. The van der Waals surface area contributed by atoms with E-state index in [9.17, 15) is 4.79 Å². The third-order valence-corrected chi connectivity index (χ3v) is 1.13. The van der Waals surface area contributed by atoms with Gasteiger partial charge in [0.15, 0.2) is 5.78 Å². The minimum absolute atomic E-state index is 0.0251. The van der Waals surface area contributed by atoms with E-state index in [1.54, 1.807) is 18.4 Å². The summed E-state index contributed by atoms with van der Waals surface area (Å²) < 4.78 is 0. The van der Waals surface area contributed by atoms with Crippen molar-refractivity contribution in [3.8, 4) is 0 Å². The van der Waals surface area contributed by atoms with Crippen molar-refractivity contribution >= 4 is 12.0 Å². The largest absolute Gasteiger partial charge is 0.294 e. The topological polar surface area (TPSA) is 41.5 Å². The fourth-order valence-corrected chi connectivity index (χ4v) is 0.596. The average molecular weight is 136 g/mol. The number of rotatable bonds is 1. The molecule has 1 N–H and O–H groups in total. The van der Waals surface area contributed by atoms with Crippen molar-refractivity contribution in [2.75, 3.05) is 0 Å². The fourth-order valence-electron chi connectivity index (χ4n) is 0.596. The summed E-state index contributed by atoms with van der Waals surface area (Å²) in [7, 11) is 0. The zero-order chi connectivity index (χ0) is 7.40. The van der Waals surface area contributed by atoms with Crippen LogP contribution in [0.15, 0.2) is 29.0 Å². The molecule has 0 spiro atoms. The normalized spacial score (nSPS) is 15.5. The molecule has 0 radical (unpaired) electrons. The van der Waals surface area contributed by atoms with Crippen LogP contribution in [0.4, 0.5) is 0 Å². The van der Waals surface area contributed by atoms with Gasteiger partial charge in [0.05, 0.1) is 6.21 Å². The Balaban J connectivity index is 2.83. The molecule has 3 nitrogen and oxygen atoms in total. The number of carbonyl (C=O) groups is 1. The molecule has 0 unspecified atom stereocenters. The van der Waals surface area contributed by atoms with Crippen LogP contribution in [0, 0.1) is 0 Å². The number of nitrogens with one attached hydrogen (secondary N) is 1. The first-order chi connectivity index (χ1) is 4.80. The third kappa shape index (κ3) is 1.55. The number of hydrazone groups is 1. The Morgan fingerprint density at radius 1 is 1.70 bits per heavy atom. The molecule has 1 aliphatic heterocycles. The van der Waals surface area contributed by atoms with Gasteiger partial charge in [0.1, 0.15) is 0 Å². The number of hydrogen-bond donors (Lipinski definition) is 1. The van der Waals surface area contributed by atoms with E-state index in [2.05, 4.69) is 10.5 Å². The number of ketones is 1. The molecule has 0 amide bonds. The molecule has 52 valence electrons. The highest BCUT2D eigenvalue weighted by molar-refractivity contribution is 6.12. The van der Waals surface area contributed by atoms with E-state index in [1.165, 1.54) is 13.1 Å². The molecule has 0 aliphatic carbocycles. The van der Waals surface area contributed by atoms with E-state index in [0.717, 1.165) is 0 Å². The summed E-state index contributed by atoms with van der Waals surface area (Å²) in [6, 6.07) is 0. The van der Waals surface area contributed by atoms with Crippen molar-refractivity contribution < 1.29 is 4.79 Å². The van der Waals surface area contributed by atoms with E-state index in [-0.39, 0.29) is 5.78 Å². The maximum atomic E-state index is 10.7. The maximum absolute atomic E-state index is 10.7. The van der Waals surface area contributed by atoms with Crippen molar-refractivity contribution in [2.45, 2.75) is 6.92 Å². The highest BCUT2D eigenvalue weighted by atomic mass is 16.1. The Hall–Kier alpha value is -1.38. The summed E-state index contributed by atoms with van der Waals surface area (Å²) in [4.78, 5) is 10.7. The van der Waals surface area contributed by atoms with Crippen molar-refractivity contribution in [3.05, 3.63) is 23.9 Å². The summed E-state index contributed by atoms with van der Waals surface area (Å²) in [6.45, 7) is 1.51. The summed E-state index contributed by atoms with van der Waals surface area (Å²) >= 11 is 0. The van der Waals surface area contributed by atoms with Crippen LogP contribution < -0.4 is 5.43 Å². The van der Waals surface area contributed by atoms with Gasteiger partial charge in [0.25, 0.3) is 0 Å². The molecule has 1 aliphatic rings. The molecule has 0 atom stereocenters. The lowest BCUT2D eigenvalue weighted by Gasteiger charge is -1.88. The lowest BCUT2D eigenvalue weighted by molar-refractivity contribution is -0.113. The van der Waals surface area contributed by atoms with Gasteiger partial charge in [-0.15, -0.1) is 0 Å². The predicted molar refractivity (Wildman–Crippen MR) is 39.5 cm³/mol. The van der Waals surface area contributed by atoms with Crippen molar-refractivity contribution in [2.24, 2.45) is 5.10 Å². The van der Waals surface area contributed by atoms with Crippen molar-refractivity contribution in [1.29, 1.82) is 0 Å². The second kappa shape index (κ2) is 2.96. The molecule has 0 aromatic carbocycles. The number of allylic oxidation sites excluding steroid dienone is 3. The second-order valence-corrected chi connectivity index (χ2v) is 1.92. The molecule has 0 fully saturated rings. The van der Waals surface area contributed by atoms with Gasteiger partial charge in [0, 0.05) is 11.8 Å². The van der Waals surface area contributed by atoms with E-state index >= 15 is 0 Å². The number of nitrogens with zero attached hydrogens (tertiary/aromatic N) is 1. The van der Waals surface area contributed by atoms with Crippen LogP contribution in [-0.4, -0.2) is 12.0 Å². The molecule has 0 aromatic heterocycles. The molecule has 0 aromatic rings. The smallest absolute Gasteiger partial charge is 0.161 e. The Morgan fingerprint density at radius 3 is 3.20 bits per heavy atom. The van der Waals surface area contributed by atoms with Crippen LogP contribution in [0.1, 0.15) is 6.92 Å². The van der Waals surface area contributed by atoms with Gasteiger partial charge in [-0.1, -0.05) is 0 Å². The Kier molecular flexibility index (Phi) is 1.99. The van der Waals surface area contributed by atoms with Crippen LogP contribution in [0.2, 0.25) is 0 Å². The van der Waals surface area contributed by atoms with Gasteiger partial charge < -0.3 is 0 Å². The molecule has 10 heavy (non-hydrogen) atoms. The van der Waals surface area contributed by atoms with Gasteiger partial charge >= 0.3 is 0 Å². The highest BCUT2D eigenvalue weighted by Gasteiger charge is 1.98. The molecular weight excluding hydrogens is 128 g/mol. The van der Waals surface area contributed by atoms with Crippen molar-refractivity contribution in [3.63, 3.8) is 0 Å². The average Bonchev–Trinajstić information content (AvgIpc) is 2.12. The molecule has 1 heterocycles. The third-order valence-electron chi connectivity index (χ3n) is 1.13. The van der Waals surface area contributed by atoms with Crippen molar-refractivity contribution in [1.82, 2.24) is 5.43 Å². The first-order valence-electron chi connectivity index (χ1n) is 2.97. The van der Waals surface area contributed by atoms with Crippen LogP contribution in [0.5, 0.6) is 0 Å². The summed E-state index contributed by atoms with van der Waals surface area (Å²) in [5.74, 6) is 0.0251. The standard InChI is InChI=1S/C7H8N2O/c1-6(10)7-3-2-4-8-9-5-7/h2-5,8H,1H3. The van der Waals surface area contributed by atoms with Crippen LogP contribution in [0.3, 0.4) is 0 Å². The Bertz CT molecular complexity index is 226. The molecular formula is C7H8N2O. The number of carbonyl (C=O) groups excluding carboxylic acids is 1. The monoisotopic (exact) mass is 136 g/mol. The quantitative estimate of drug-likeness (QED) is 0.573. The zero-order valence-corrected chi connectivity index (χ0v) is 5.66. The van der Waals surface area contributed by atoms with E-state index < -0.39 is 0 Å². The first-order valence-corrected chi connectivity index (χ1v) is 2.97. The predicted octanol–water partition coefficient (Wildman–Crippen LogP) is 0.605.